The fourth-order valence-corrected chi connectivity index (χ4v) is 1.71. The van der Waals surface area contributed by atoms with E-state index in [1.807, 2.05) is 6.92 Å². The number of hydrogen-bond donors (Lipinski definition) is 2. The minimum absolute atomic E-state index is 0.0682. The molecular formula is C12H18N2O3. The molecule has 0 saturated carbocycles. The second kappa shape index (κ2) is 5.75. The third kappa shape index (κ3) is 3.25. The molecule has 17 heavy (non-hydrogen) atoms. The summed E-state index contributed by atoms with van der Waals surface area (Å²) in [4.78, 5) is 15.4. The number of hydrogen-bond acceptors (Lipinski definition) is 4. The van der Waals surface area contributed by atoms with Crippen molar-refractivity contribution in [3.05, 3.63) is 30.1 Å². The van der Waals surface area contributed by atoms with Crippen molar-refractivity contribution in [1.82, 2.24) is 10.3 Å². The maximum Gasteiger partial charge on any atom is 0.328 e. The number of ether oxygens (including phenoxy) is 1. The molecule has 2 N–H and O–H groups in total. The minimum Gasteiger partial charge on any atom is -0.480 e. The van der Waals surface area contributed by atoms with Crippen molar-refractivity contribution in [1.29, 1.82) is 0 Å². The van der Waals surface area contributed by atoms with Crippen molar-refractivity contribution < 1.29 is 14.6 Å². The molecule has 2 atom stereocenters. The molecule has 0 aliphatic heterocycles. The van der Waals surface area contributed by atoms with Gasteiger partial charge in [0.2, 0.25) is 0 Å². The number of aliphatic carboxylic acids is 1. The Balaban J connectivity index is 2.94. The van der Waals surface area contributed by atoms with E-state index in [-0.39, 0.29) is 6.04 Å². The maximum absolute atomic E-state index is 11.4. The molecule has 0 amide bonds. The van der Waals surface area contributed by atoms with Crippen LogP contribution in [0.2, 0.25) is 0 Å². The smallest absolute Gasteiger partial charge is 0.328 e. The molecule has 0 fully saturated rings. The van der Waals surface area contributed by atoms with Gasteiger partial charge in [0, 0.05) is 31.1 Å². The van der Waals surface area contributed by atoms with Gasteiger partial charge in [0.05, 0.1) is 6.61 Å². The Bertz CT molecular complexity index is 369. The summed E-state index contributed by atoms with van der Waals surface area (Å²) in [7, 11) is 1.58. The molecule has 1 aromatic heterocycles. The molecular weight excluding hydrogens is 220 g/mol. The number of rotatable bonds is 6. The molecule has 0 aromatic carbocycles. The molecule has 1 heterocycles. The van der Waals surface area contributed by atoms with E-state index in [0.717, 1.165) is 0 Å². The van der Waals surface area contributed by atoms with Gasteiger partial charge in [-0.2, -0.15) is 0 Å². The molecule has 5 heteroatoms. The summed E-state index contributed by atoms with van der Waals surface area (Å²) in [5, 5.41) is 12.4. The van der Waals surface area contributed by atoms with E-state index in [2.05, 4.69) is 10.3 Å². The summed E-state index contributed by atoms with van der Waals surface area (Å²) in [5.41, 5.74) is -0.540. The first-order chi connectivity index (χ1) is 8.00. The van der Waals surface area contributed by atoms with E-state index in [4.69, 9.17) is 4.74 Å². The summed E-state index contributed by atoms with van der Waals surface area (Å²) < 4.78 is 4.99. The van der Waals surface area contributed by atoms with Crippen LogP contribution < -0.4 is 5.32 Å². The number of pyridine rings is 1. The largest absolute Gasteiger partial charge is 0.480 e. The lowest BCUT2D eigenvalue weighted by Crippen LogP contribution is -2.51. The molecule has 1 rings (SSSR count). The van der Waals surface area contributed by atoms with E-state index in [9.17, 15) is 9.90 Å². The predicted octanol–water partition coefficient (Wildman–Crippen LogP) is 1.01. The van der Waals surface area contributed by atoms with Gasteiger partial charge in [-0.15, -0.1) is 0 Å². The van der Waals surface area contributed by atoms with Crippen LogP contribution in [0.5, 0.6) is 0 Å². The van der Waals surface area contributed by atoms with Crippen molar-refractivity contribution in [3.8, 4) is 0 Å². The quantitative estimate of drug-likeness (QED) is 0.773. The zero-order chi connectivity index (χ0) is 12.9. The van der Waals surface area contributed by atoms with Crippen LogP contribution in [0.4, 0.5) is 0 Å². The standard InChI is InChI=1S/C12H18N2O3/c1-9(8-17-3)14-12(2,11(15)16)10-5-4-6-13-7-10/h4-7,9,14H,8H2,1-3H3,(H,15,16). The van der Waals surface area contributed by atoms with Gasteiger partial charge in [-0.25, -0.2) is 4.79 Å². The number of methoxy groups -OCH3 is 1. The summed E-state index contributed by atoms with van der Waals surface area (Å²) in [6.07, 6.45) is 3.17. The van der Waals surface area contributed by atoms with Crippen molar-refractivity contribution in [3.63, 3.8) is 0 Å². The van der Waals surface area contributed by atoms with Gasteiger partial charge in [-0.1, -0.05) is 6.07 Å². The van der Waals surface area contributed by atoms with E-state index in [0.29, 0.717) is 12.2 Å². The Labute approximate surface area is 101 Å². The van der Waals surface area contributed by atoms with Crippen molar-refractivity contribution >= 4 is 5.97 Å². The van der Waals surface area contributed by atoms with Gasteiger partial charge in [-0.3, -0.25) is 10.3 Å². The first-order valence-electron chi connectivity index (χ1n) is 5.41. The molecule has 1 aromatic rings. The molecule has 0 radical (unpaired) electrons. The van der Waals surface area contributed by atoms with Crippen LogP contribution in [0.15, 0.2) is 24.5 Å². The van der Waals surface area contributed by atoms with Gasteiger partial charge in [0.25, 0.3) is 0 Å². The third-order valence-electron chi connectivity index (χ3n) is 2.62. The predicted molar refractivity (Wildman–Crippen MR) is 63.7 cm³/mol. The lowest BCUT2D eigenvalue weighted by atomic mass is 9.92. The minimum atomic E-state index is -1.16. The fraction of sp³-hybridized carbons (Fsp3) is 0.500. The summed E-state index contributed by atoms with van der Waals surface area (Å²) in [6.45, 7) is 3.95. The highest BCUT2D eigenvalue weighted by Crippen LogP contribution is 2.20. The highest BCUT2D eigenvalue weighted by molar-refractivity contribution is 5.80. The number of nitrogens with zero attached hydrogens (tertiary/aromatic N) is 1. The van der Waals surface area contributed by atoms with E-state index in [1.54, 1.807) is 38.6 Å². The Kier molecular flexibility index (Phi) is 4.60. The first-order valence-corrected chi connectivity index (χ1v) is 5.41. The third-order valence-corrected chi connectivity index (χ3v) is 2.62. The lowest BCUT2D eigenvalue weighted by Gasteiger charge is -2.29. The first kappa shape index (κ1) is 13.6. The molecule has 2 unspecified atom stereocenters. The van der Waals surface area contributed by atoms with Crippen molar-refractivity contribution in [2.75, 3.05) is 13.7 Å². The Morgan fingerprint density at radius 1 is 1.71 bits per heavy atom. The van der Waals surface area contributed by atoms with Crippen LogP contribution in [0.3, 0.4) is 0 Å². The molecule has 0 aliphatic carbocycles. The zero-order valence-corrected chi connectivity index (χ0v) is 10.3. The monoisotopic (exact) mass is 238 g/mol. The summed E-state index contributed by atoms with van der Waals surface area (Å²) >= 11 is 0. The van der Waals surface area contributed by atoms with Crippen LogP contribution in [0, 0.1) is 0 Å². The normalized spacial score (nSPS) is 16.2. The molecule has 94 valence electrons. The Morgan fingerprint density at radius 3 is 2.88 bits per heavy atom. The Morgan fingerprint density at radius 2 is 2.41 bits per heavy atom. The number of aromatic nitrogens is 1. The Hall–Kier alpha value is -1.46. The molecule has 0 bridgehead atoms. The van der Waals surface area contributed by atoms with Gasteiger partial charge in [0.1, 0.15) is 5.54 Å². The van der Waals surface area contributed by atoms with Crippen LogP contribution in [0.25, 0.3) is 0 Å². The SMILES string of the molecule is COCC(C)NC(C)(C(=O)O)c1cccnc1. The molecule has 0 spiro atoms. The highest BCUT2D eigenvalue weighted by Gasteiger charge is 2.36. The highest BCUT2D eigenvalue weighted by atomic mass is 16.5. The summed E-state index contributed by atoms with van der Waals surface area (Å²) in [6, 6.07) is 3.40. The number of nitrogens with one attached hydrogen (secondary N) is 1. The number of carboxylic acids is 1. The van der Waals surface area contributed by atoms with E-state index >= 15 is 0 Å². The second-order valence-electron chi connectivity index (χ2n) is 4.17. The van der Waals surface area contributed by atoms with Crippen LogP contribution >= 0.6 is 0 Å². The zero-order valence-electron chi connectivity index (χ0n) is 10.3. The van der Waals surface area contributed by atoms with E-state index < -0.39 is 11.5 Å². The average molecular weight is 238 g/mol. The van der Waals surface area contributed by atoms with Crippen LogP contribution in [-0.2, 0) is 15.1 Å². The molecule has 5 nitrogen and oxygen atoms in total. The van der Waals surface area contributed by atoms with Crippen molar-refractivity contribution in [2.45, 2.75) is 25.4 Å². The lowest BCUT2D eigenvalue weighted by molar-refractivity contribution is -0.145. The molecule has 0 saturated heterocycles. The summed E-state index contributed by atoms with van der Waals surface area (Å²) in [5.74, 6) is -0.937. The van der Waals surface area contributed by atoms with Crippen LogP contribution in [0.1, 0.15) is 19.4 Å². The van der Waals surface area contributed by atoms with Gasteiger partial charge in [0.15, 0.2) is 0 Å². The topological polar surface area (TPSA) is 71.5 Å². The van der Waals surface area contributed by atoms with Crippen molar-refractivity contribution in [2.24, 2.45) is 0 Å². The number of carbonyl (C=O) groups is 1. The number of carboxylic acid groups (broad SMARTS) is 1. The average Bonchev–Trinajstić information content (AvgIpc) is 2.30. The molecule has 0 aliphatic rings. The second-order valence-corrected chi connectivity index (χ2v) is 4.17. The fourth-order valence-electron chi connectivity index (χ4n) is 1.71. The van der Waals surface area contributed by atoms with E-state index in [1.165, 1.54) is 0 Å². The maximum atomic E-state index is 11.4. The van der Waals surface area contributed by atoms with Gasteiger partial charge < -0.3 is 9.84 Å². The van der Waals surface area contributed by atoms with Crippen LogP contribution in [-0.4, -0.2) is 35.8 Å². The van der Waals surface area contributed by atoms with Gasteiger partial charge >= 0.3 is 5.97 Å². The van der Waals surface area contributed by atoms with Gasteiger partial charge in [-0.05, 0) is 19.9 Å².